The lowest BCUT2D eigenvalue weighted by atomic mass is 10.00. The van der Waals surface area contributed by atoms with Crippen LogP contribution in [0.3, 0.4) is 0 Å². The van der Waals surface area contributed by atoms with E-state index in [0.29, 0.717) is 17.8 Å². The van der Waals surface area contributed by atoms with E-state index in [-0.39, 0.29) is 23.0 Å². The molecular weight excluding hydrogens is 452 g/mol. The number of pyridine rings is 1. The summed E-state index contributed by atoms with van der Waals surface area (Å²) in [5.41, 5.74) is 0.980. The second-order valence-electron chi connectivity index (χ2n) is 8.82. The van der Waals surface area contributed by atoms with E-state index >= 15 is 0 Å². The first-order valence-electron chi connectivity index (χ1n) is 10.9. The molecule has 1 unspecified atom stereocenters. The number of sulfonamides is 1. The van der Waals surface area contributed by atoms with E-state index in [1.165, 1.54) is 12.1 Å². The van der Waals surface area contributed by atoms with E-state index in [0.717, 1.165) is 5.56 Å². The Kier molecular flexibility index (Phi) is 7.90. The van der Waals surface area contributed by atoms with Gasteiger partial charge in [-0.05, 0) is 69.2 Å². The molecule has 0 saturated carbocycles. The summed E-state index contributed by atoms with van der Waals surface area (Å²) in [6.07, 6.45) is 3.72. The normalized spacial score (nSPS) is 12.6. The fourth-order valence-corrected chi connectivity index (χ4v) is 4.69. The molecule has 3 rings (SSSR count). The van der Waals surface area contributed by atoms with Gasteiger partial charge in [-0.2, -0.15) is 0 Å². The number of carbonyl (C=O) groups is 1. The van der Waals surface area contributed by atoms with Crippen molar-refractivity contribution < 1.29 is 18.3 Å². The van der Waals surface area contributed by atoms with Crippen LogP contribution in [0.25, 0.3) is 0 Å². The number of rotatable bonds is 10. The summed E-state index contributed by atoms with van der Waals surface area (Å²) in [6.45, 7) is 5.54. The smallest absolute Gasteiger partial charge is 0.261 e. The Hall–Kier alpha value is -3.43. The van der Waals surface area contributed by atoms with Gasteiger partial charge < -0.3 is 15.7 Å². The van der Waals surface area contributed by atoms with E-state index < -0.39 is 21.5 Å². The molecule has 0 aliphatic carbocycles. The molecule has 2 aromatic carbocycles. The molecule has 4 N–H and O–H groups in total. The lowest BCUT2D eigenvalue weighted by Gasteiger charge is -2.24. The van der Waals surface area contributed by atoms with Crippen molar-refractivity contribution in [2.45, 2.75) is 50.3 Å². The summed E-state index contributed by atoms with van der Waals surface area (Å²) in [6, 6.07) is 16.4. The maximum atomic E-state index is 13.1. The zero-order chi connectivity index (χ0) is 24.8. The fourth-order valence-electron chi connectivity index (χ4n) is 3.56. The number of benzene rings is 2. The van der Waals surface area contributed by atoms with Crippen LogP contribution in [0, 0.1) is 0 Å². The minimum Gasteiger partial charge on any atom is -0.390 e. The van der Waals surface area contributed by atoms with E-state index in [4.69, 9.17) is 0 Å². The van der Waals surface area contributed by atoms with E-state index in [9.17, 15) is 18.3 Å². The zero-order valence-electron chi connectivity index (χ0n) is 19.4. The lowest BCUT2D eigenvalue weighted by molar-refractivity contribution is 0.0672. The number of hydrogen-bond acceptors (Lipinski definition) is 6. The molecule has 9 heteroatoms. The van der Waals surface area contributed by atoms with Crippen molar-refractivity contribution in [3.63, 3.8) is 0 Å². The molecule has 1 amide bonds. The number of amides is 1. The third kappa shape index (κ3) is 7.57. The fraction of sp³-hybridized carbons (Fsp3) is 0.280. The molecule has 1 aromatic heterocycles. The molecular formula is C25H30N4O4S. The molecule has 1 heterocycles. The van der Waals surface area contributed by atoms with E-state index in [1.807, 2.05) is 13.0 Å². The van der Waals surface area contributed by atoms with Crippen LogP contribution in [0.1, 0.15) is 43.1 Å². The molecule has 0 bridgehead atoms. The van der Waals surface area contributed by atoms with Gasteiger partial charge in [-0.25, -0.2) is 8.42 Å². The monoisotopic (exact) mass is 482 g/mol. The predicted molar refractivity (Wildman–Crippen MR) is 133 cm³/mol. The average Bonchev–Trinajstić information content (AvgIpc) is 2.77. The molecule has 0 spiro atoms. The van der Waals surface area contributed by atoms with Gasteiger partial charge in [-0.1, -0.05) is 24.3 Å². The third-order valence-corrected chi connectivity index (χ3v) is 6.26. The summed E-state index contributed by atoms with van der Waals surface area (Å²) >= 11 is 0. The number of aliphatic hydroxyl groups is 1. The Morgan fingerprint density at radius 3 is 2.44 bits per heavy atom. The molecule has 3 aromatic rings. The lowest BCUT2D eigenvalue weighted by Crippen LogP contribution is -2.29. The van der Waals surface area contributed by atoms with Crippen molar-refractivity contribution >= 4 is 27.3 Å². The van der Waals surface area contributed by atoms with Gasteiger partial charge in [0.25, 0.3) is 15.9 Å². The third-order valence-electron chi connectivity index (χ3n) is 4.90. The number of para-hydroxylation sites is 1. The molecule has 8 nitrogen and oxygen atoms in total. The molecule has 1 atom stereocenters. The van der Waals surface area contributed by atoms with Crippen molar-refractivity contribution in [2.75, 3.05) is 10.0 Å². The van der Waals surface area contributed by atoms with Crippen molar-refractivity contribution in [3.05, 3.63) is 84.2 Å². The zero-order valence-corrected chi connectivity index (χ0v) is 20.3. The van der Waals surface area contributed by atoms with Gasteiger partial charge in [-0.3, -0.25) is 14.5 Å². The van der Waals surface area contributed by atoms with Gasteiger partial charge >= 0.3 is 0 Å². The quantitative estimate of drug-likeness (QED) is 0.349. The standard InChI is InChI=1S/C25H30N4O4S/c1-18(15-25(2,3)31)28-22-12-20(24(30)27-17-19-8-7-11-26-16-19)13-23(14-22)34(32,33)29-21-9-5-4-6-10-21/h4-14,16,18,28-29,31H,15,17H2,1-3H3,(H,27,30). The maximum absolute atomic E-state index is 13.1. The second kappa shape index (κ2) is 10.7. The van der Waals surface area contributed by atoms with Crippen LogP contribution >= 0.6 is 0 Å². The second-order valence-corrected chi connectivity index (χ2v) is 10.5. The number of hydrogen-bond donors (Lipinski definition) is 4. The van der Waals surface area contributed by atoms with Crippen LogP contribution in [0.5, 0.6) is 0 Å². The highest BCUT2D eigenvalue weighted by Gasteiger charge is 2.21. The summed E-state index contributed by atoms with van der Waals surface area (Å²) in [5, 5.41) is 16.1. The van der Waals surface area contributed by atoms with Gasteiger partial charge in [0.2, 0.25) is 0 Å². The Morgan fingerprint density at radius 1 is 1.06 bits per heavy atom. The highest BCUT2D eigenvalue weighted by Crippen LogP contribution is 2.24. The van der Waals surface area contributed by atoms with Crippen molar-refractivity contribution in [1.29, 1.82) is 0 Å². The Labute approximate surface area is 200 Å². The van der Waals surface area contributed by atoms with Crippen LogP contribution in [0.2, 0.25) is 0 Å². The summed E-state index contributed by atoms with van der Waals surface area (Å²) in [5.74, 6) is -0.418. The van der Waals surface area contributed by atoms with Crippen LogP contribution in [-0.4, -0.2) is 36.1 Å². The average molecular weight is 483 g/mol. The number of carbonyl (C=O) groups excluding carboxylic acids is 1. The first-order chi connectivity index (χ1) is 16.0. The van der Waals surface area contributed by atoms with Crippen LogP contribution in [-0.2, 0) is 16.6 Å². The highest BCUT2D eigenvalue weighted by atomic mass is 32.2. The first-order valence-corrected chi connectivity index (χ1v) is 12.4. The van der Waals surface area contributed by atoms with E-state index in [2.05, 4.69) is 20.3 Å². The SMILES string of the molecule is CC(CC(C)(C)O)Nc1cc(C(=O)NCc2cccnc2)cc(S(=O)(=O)Nc2ccccc2)c1. The Bertz CT molecular complexity index is 1210. The Balaban J connectivity index is 1.89. The van der Waals surface area contributed by atoms with Crippen molar-refractivity contribution in [3.8, 4) is 0 Å². The Morgan fingerprint density at radius 2 is 1.79 bits per heavy atom. The molecule has 0 aliphatic heterocycles. The molecule has 0 radical (unpaired) electrons. The van der Waals surface area contributed by atoms with Gasteiger partial charge in [0, 0.05) is 41.9 Å². The summed E-state index contributed by atoms with van der Waals surface area (Å²) in [7, 11) is -3.96. The van der Waals surface area contributed by atoms with Crippen LogP contribution < -0.4 is 15.4 Å². The largest absolute Gasteiger partial charge is 0.390 e. The summed E-state index contributed by atoms with van der Waals surface area (Å²) < 4.78 is 28.7. The number of anilines is 2. The van der Waals surface area contributed by atoms with Crippen LogP contribution in [0.15, 0.2) is 78.0 Å². The number of nitrogens with zero attached hydrogens (tertiary/aromatic N) is 1. The topological polar surface area (TPSA) is 120 Å². The van der Waals surface area contributed by atoms with Crippen LogP contribution in [0.4, 0.5) is 11.4 Å². The minimum absolute atomic E-state index is 0.0525. The maximum Gasteiger partial charge on any atom is 0.261 e. The number of aromatic nitrogens is 1. The molecule has 0 saturated heterocycles. The molecule has 0 fully saturated rings. The number of nitrogens with one attached hydrogen (secondary N) is 3. The van der Waals surface area contributed by atoms with Gasteiger partial charge in [-0.15, -0.1) is 0 Å². The first kappa shape index (κ1) is 25.2. The predicted octanol–water partition coefficient (Wildman–Crippen LogP) is 3.77. The van der Waals surface area contributed by atoms with Crippen molar-refractivity contribution in [2.24, 2.45) is 0 Å². The molecule has 0 aliphatic rings. The van der Waals surface area contributed by atoms with E-state index in [1.54, 1.807) is 68.7 Å². The molecule has 34 heavy (non-hydrogen) atoms. The minimum atomic E-state index is -3.96. The molecule has 180 valence electrons. The highest BCUT2D eigenvalue weighted by molar-refractivity contribution is 7.92. The van der Waals surface area contributed by atoms with Crippen molar-refractivity contribution in [1.82, 2.24) is 10.3 Å². The van der Waals surface area contributed by atoms with Gasteiger partial charge in [0.15, 0.2) is 0 Å². The summed E-state index contributed by atoms with van der Waals surface area (Å²) in [4.78, 5) is 16.9. The van der Waals surface area contributed by atoms with Gasteiger partial charge in [0.1, 0.15) is 0 Å². The van der Waals surface area contributed by atoms with Gasteiger partial charge in [0.05, 0.1) is 10.5 Å².